The van der Waals surface area contributed by atoms with Crippen LogP contribution < -0.4 is 4.74 Å². The number of aromatic nitrogens is 1. The lowest BCUT2D eigenvalue weighted by Crippen LogP contribution is -2.15. The van der Waals surface area contributed by atoms with E-state index in [9.17, 15) is 0 Å². The standard InChI is InChI=1S/C13H17Cl2NO/c14-8-12-11(15)6-7-13(16-12)17-9-10-4-2-1-3-5-10/h6-7,10H,1-5,8-9H2. The van der Waals surface area contributed by atoms with E-state index in [0.717, 1.165) is 6.61 Å². The van der Waals surface area contributed by atoms with Gasteiger partial charge in [0.15, 0.2) is 0 Å². The van der Waals surface area contributed by atoms with Gasteiger partial charge in [-0.05, 0) is 24.8 Å². The SMILES string of the molecule is ClCc1nc(OCC2CCCCC2)ccc1Cl. The monoisotopic (exact) mass is 273 g/mol. The number of alkyl halides is 1. The van der Waals surface area contributed by atoms with Crippen LogP contribution >= 0.6 is 23.2 Å². The van der Waals surface area contributed by atoms with E-state index in [0.29, 0.717) is 28.4 Å². The Hall–Kier alpha value is -0.470. The summed E-state index contributed by atoms with van der Waals surface area (Å²) in [4.78, 5) is 4.29. The van der Waals surface area contributed by atoms with Gasteiger partial charge in [0, 0.05) is 6.07 Å². The van der Waals surface area contributed by atoms with Gasteiger partial charge in [0.25, 0.3) is 0 Å². The van der Waals surface area contributed by atoms with Crippen LogP contribution in [-0.2, 0) is 5.88 Å². The van der Waals surface area contributed by atoms with Crippen LogP contribution in [0.5, 0.6) is 5.88 Å². The first-order valence-corrected chi connectivity index (χ1v) is 7.05. The first kappa shape index (κ1) is 13.0. The van der Waals surface area contributed by atoms with Crippen LogP contribution in [-0.4, -0.2) is 11.6 Å². The zero-order valence-electron chi connectivity index (χ0n) is 9.79. The third-order valence-corrected chi connectivity index (χ3v) is 3.81. The van der Waals surface area contributed by atoms with Gasteiger partial charge in [0.1, 0.15) is 0 Å². The molecule has 1 fully saturated rings. The zero-order chi connectivity index (χ0) is 12.1. The first-order valence-electron chi connectivity index (χ1n) is 6.14. The van der Waals surface area contributed by atoms with E-state index in [1.807, 2.05) is 0 Å². The summed E-state index contributed by atoms with van der Waals surface area (Å²) < 4.78 is 5.71. The molecule has 0 unspecified atom stereocenters. The molecule has 94 valence electrons. The van der Waals surface area contributed by atoms with Crippen molar-refractivity contribution in [1.82, 2.24) is 4.98 Å². The average Bonchev–Trinajstić information content (AvgIpc) is 2.39. The van der Waals surface area contributed by atoms with Crippen molar-refractivity contribution in [1.29, 1.82) is 0 Å². The largest absolute Gasteiger partial charge is 0.477 e. The van der Waals surface area contributed by atoms with Crippen molar-refractivity contribution in [2.45, 2.75) is 38.0 Å². The van der Waals surface area contributed by atoms with Crippen LogP contribution in [0, 0.1) is 5.92 Å². The molecule has 2 nitrogen and oxygen atoms in total. The van der Waals surface area contributed by atoms with Gasteiger partial charge in [-0.3, -0.25) is 0 Å². The van der Waals surface area contributed by atoms with Crippen molar-refractivity contribution in [3.63, 3.8) is 0 Å². The minimum absolute atomic E-state index is 0.319. The molecule has 1 aromatic rings. The summed E-state index contributed by atoms with van der Waals surface area (Å²) in [6, 6.07) is 3.60. The highest BCUT2D eigenvalue weighted by Gasteiger charge is 2.14. The Morgan fingerprint density at radius 3 is 2.71 bits per heavy atom. The summed E-state index contributed by atoms with van der Waals surface area (Å²) in [6.07, 6.45) is 6.57. The average molecular weight is 274 g/mol. The van der Waals surface area contributed by atoms with Gasteiger partial charge in [-0.15, -0.1) is 11.6 Å². The van der Waals surface area contributed by atoms with Crippen molar-refractivity contribution in [2.24, 2.45) is 5.92 Å². The normalized spacial score (nSPS) is 17.1. The molecule has 0 N–H and O–H groups in total. The van der Waals surface area contributed by atoms with E-state index in [2.05, 4.69) is 4.98 Å². The molecule has 1 aliphatic carbocycles. The molecular formula is C13H17Cl2NO. The second kappa shape index (κ2) is 6.46. The summed E-state index contributed by atoms with van der Waals surface area (Å²) in [7, 11) is 0. The van der Waals surface area contributed by atoms with Gasteiger partial charge >= 0.3 is 0 Å². The maximum absolute atomic E-state index is 5.94. The lowest BCUT2D eigenvalue weighted by Gasteiger charge is -2.21. The summed E-state index contributed by atoms with van der Waals surface area (Å²) in [5.41, 5.74) is 0.689. The molecule has 0 saturated heterocycles. The summed E-state index contributed by atoms with van der Waals surface area (Å²) in [6.45, 7) is 0.760. The fourth-order valence-corrected chi connectivity index (χ4v) is 2.64. The molecule has 2 rings (SSSR count). The summed E-state index contributed by atoms with van der Waals surface area (Å²) in [5.74, 6) is 1.63. The van der Waals surface area contributed by atoms with Crippen LogP contribution in [0.2, 0.25) is 5.02 Å². The molecule has 1 aliphatic rings. The Labute approximate surface area is 112 Å². The molecule has 0 aromatic carbocycles. The van der Waals surface area contributed by atoms with Crippen molar-refractivity contribution in [3.8, 4) is 5.88 Å². The van der Waals surface area contributed by atoms with E-state index in [4.69, 9.17) is 27.9 Å². The highest BCUT2D eigenvalue weighted by Crippen LogP contribution is 2.25. The molecule has 1 saturated carbocycles. The van der Waals surface area contributed by atoms with Crippen molar-refractivity contribution < 1.29 is 4.74 Å². The number of halogens is 2. The number of rotatable bonds is 4. The van der Waals surface area contributed by atoms with Gasteiger partial charge in [0.05, 0.1) is 23.2 Å². The Kier molecular flexibility index (Phi) is 4.93. The zero-order valence-corrected chi connectivity index (χ0v) is 11.3. The van der Waals surface area contributed by atoms with E-state index >= 15 is 0 Å². The van der Waals surface area contributed by atoms with Crippen molar-refractivity contribution >= 4 is 23.2 Å². The summed E-state index contributed by atoms with van der Waals surface area (Å²) >= 11 is 11.7. The van der Waals surface area contributed by atoms with Crippen molar-refractivity contribution in [2.75, 3.05) is 6.61 Å². The van der Waals surface area contributed by atoms with Crippen LogP contribution in [0.4, 0.5) is 0 Å². The molecule has 4 heteroatoms. The Balaban J connectivity index is 1.89. The number of pyridine rings is 1. The van der Waals surface area contributed by atoms with Crippen LogP contribution in [0.15, 0.2) is 12.1 Å². The maximum Gasteiger partial charge on any atom is 0.213 e. The van der Waals surface area contributed by atoms with Gasteiger partial charge in [-0.25, -0.2) is 4.98 Å². The highest BCUT2D eigenvalue weighted by molar-refractivity contribution is 6.32. The topological polar surface area (TPSA) is 22.1 Å². The molecule has 17 heavy (non-hydrogen) atoms. The third-order valence-electron chi connectivity index (χ3n) is 3.21. The molecule has 0 radical (unpaired) electrons. The van der Waals surface area contributed by atoms with Gasteiger partial charge in [0.2, 0.25) is 5.88 Å². The smallest absolute Gasteiger partial charge is 0.213 e. The van der Waals surface area contributed by atoms with Crippen LogP contribution in [0.1, 0.15) is 37.8 Å². The predicted octanol–water partition coefficient (Wildman–Crippen LogP) is 4.43. The molecule has 0 amide bonds. The fraction of sp³-hybridized carbons (Fsp3) is 0.615. The fourth-order valence-electron chi connectivity index (χ4n) is 2.20. The molecular weight excluding hydrogens is 257 g/mol. The van der Waals surface area contributed by atoms with Crippen molar-refractivity contribution in [3.05, 3.63) is 22.8 Å². The molecule has 0 aliphatic heterocycles. The third kappa shape index (κ3) is 3.75. The van der Waals surface area contributed by atoms with E-state index in [-0.39, 0.29) is 0 Å². The quantitative estimate of drug-likeness (QED) is 0.757. The summed E-state index contributed by atoms with van der Waals surface area (Å²) in [5, 5.41) is 0.602. The Morgan fingerprint density at radius 2 is 2.00 bits per heavy atom. The number of nitrogens with zero attached hydrogens (tertiary/aromatic N) is 1. The van der Waals surface area contributed by atoms with Crippen LogP contribution in [0.25, 0.3) is 0 Å². The van der Waals surface area contributed by atoms with Gasteiger partial charge < -0.3 is 4.74 Å². The number of hydrogen-bond donors (Lipinski definition) is 0. The number of ether oxygens (including phenoxy) is 1. The lowest BCUT2D eigenvalue weighted by atomic mass is 9.90. The van der Waals surface area contributed by atoms with Crippen LogP contribution in [0.3, 0.4) is 0 Å². The first-order chi connectivity index (χ1) is 8.29. The van der Waals surface area contributed by atoms with E-state index in [1.54, 1.807) is 12.1 Å². The van der Waals surface area contributed by atoms with Gasteiger partial charge in [-0.2, -0.15) is 0 Å². The highest BCUT2D eigenvalue weighted by atomic mass is 35.5. The minimum atomic E-state index is 0.319. The van der Waals surface area contributed by atoms with Gasteiger partial charge in [-0.1, -0.05) is 30.9 Å². The Bertz CT molecular complexity index is 364. The molecule has 1 aromatic heterocycles. The van der Waals surface area contributed by atoms with E-state index < -0.39 is 0 Å². The number of hydrogen-bond acceptors (Lipinski definition) is 2. The van der Waals surface area contributed by atoms with E-state index in [1.165, 1.54) is 32.1 Å². The Morgan fingerprint density at radius 1 is 1.24 bits per heavy atom. The molecule has 0 bridgehead atoms. The lowest BCUT2D eigenvalue weighted by molar-refractivity contribution is 0.202. The predicted molar refractivity (Wildman–Crippen MR) is 70.9 cm³/mol. The molecule has 0 atom stereocenters. The molecule has 0 spiro atoms. The second-order valence-electron chi connectivity index (χ2n) is 4.53. The second-order valence-corrected chi connectivity index (χ2v) is 5.20. The molecule has 1 heterocycles. The maximum atomic E-state index is 5.94. The minimum Gasteiger partial charge on any atom is -0.477 e.